The summed E-state index contributed by atoms with van der Waals surface area (Å²) in [6, 6.07) is 7.46. The number of esters is 1. The lowest BCUT2D eigenvalue weighted by molar-refractivity contribution is -0.146. The minimum absolute atomic E-state index is 0.139. The summed E-state index contributed by atoms with van der Waals surface area (Å²) in [7, 11) is 3.02. The van der Waals surface area contributed by atoms with Crippen LogP contribution >= 0.6 is 0 Å². The van der Waals surface area contributed by atoms with Crippen LogP contribution in [-0.4, -0.2) is 35.0 Å². The molecule has 2 heterocycles. The number of benzene rings is 1. The summed E-state index contributed by atoms with van der Waals surface area (Å²) in [5, 5.41) is 8.36. The number of rotatable bonds is 5. The van der Waals surface area contributed by atoms with Crippen molar-refractivity contribution in [2.75, 3.05) is 14.2 Å². The molecule has 122 valence electrons. The van der Waals surface area contributed by atoms with Gasteiger partial charge >= 0.3 is 5.97 Å². The van der Waals surface area contributed by atoms with E-state index in [1.807, 2.05) is 28.8 Å². The van der Waals surface area contributed by atoms with Crippen LogP contribution in [0.4, 0.5) is 0 Å². The van der Waals surface area contributed by atoms with Gasteiger partial charge in [-0.2, -0.15) is 0 Å². The van der Waals surface area contributed by atoms with Crippen molar-refractivity contribution >= 4 is 5.97 Å². The standard InChI is InChI=1S/C16H19N3O4/c1-21-12-5-3-4-6-13(12)23-10-15-18-17-14-9-11(16(20)22-2)7-8-19(14)15/h3-6,11H,7-10H2,1-2H3. The van der Waals surface area contributed by atoms with Crippen LogP contribution in [-0.2, 0) is 29.1 Å². The summed E-state index contributed by atoms with van der Waals surface area (Å²) in [4.78, 5) is 11.6. The van der Waals surface area contributed by atoms with Crippen LogP contribution in [0, 0.1) is 5.92 Å². The third-order valence-electron chi connectivity index (χ3n) is 3.99. The second-order valence-corrected chi connectivity index (χ2v) is 5.34. The van der Waals surface area contributed by atoms with Gasteiger partial charge in [0.2, 0.25) is 0 Å². The highest BCUT2D eigenvalue weighted by Gasteiger charge is 2.28. The largest absolute Gasteiger partial charge is 0.493 e. The van der Waals surface area contributed by atoms with Crippen LogP contribution in [0.2, 0.25) is 0 Å². The van der Waals surface area contributed by atoms with Gasteiger partial charge < -0.3 is 18.8 Å². The number of hydrogen-bond acceptors (Lipinski definition) is 6. The topological polar surface area (TPSA) is 75.5 Å². The van der Waals surface area contributed by atoms with Gasteiger partial charge in [0.25, 0.3) is 0 Å². The quantitative estimate of drug-likeness (QED) is 0.780. The Morgan fingerprint density at radius 3 is 2.78 bits per heavy atom. The maximum Gasteiger partial charge on any atom is 0.309 e. The average molecular weight is 317 g/mol. The Bertz CT molecular complexity index is 698. The van der Waals surface area contributed by atoms with Crippen molar-refractivity contribution in [3.63, 3.8) is 0 Å². The number of para-hydroxylation sites is 2. The fourth-order valence-corrected chi connectivity index (χ4v) is 2.74. The van der Waals surface area contributed by atoms with Gasteiger partial charge in [0, 0.05) is 13.0 Å². The molecule has 1 unspecified atom stereocenters. The van der Waals surface area contributed by atoms with Crippen molar-refractivity contribution < 1.29 is 19.0 Å². The monoisotopic (exact) mass is 317 g/mol. The molecule has 0 aliphatic carbocycles. The van der Waals surface area contributed by atoms with Crippen molar-refractivity contribution in [2.45, 2.75) is 26.0 Å². The highest BCUT2D eigenvalue weighted by atomic mass is 16.5. The zero-order valence-electron chi connectivity index (χ0n) is 13.2. The van der Waals surface area contributed by atoms with E-state index >= 15 is 0 Å². The molecule has 0 saturated carbocycles. The molecule has 7 nitrogen and oxygen atoms in total. The molecule has 7 heteroatoms. The molecule has 0 fully saturated rings. The highest BCUT2D eigenvalue weighted by Crippen LogP contribution is 2.27. The molecule has 0 amide bonds. The number of ether oxygens (including phenoxy) is 3. The van der Waals surface area contributed by atoms with E-state index in [4.69, 9.17) is 14.2 Å². The summed E-state index contributed by atoms with van der Waals surface area (Å²) >= 11 is 0. The predicted octanol–water partition coefficient (Wildman–Crippen LogP) is 1.60. The molecule has 0 bridgehead atoms. The smallest absolute Gasteiger partial charge is 0.309 e. The first-order valence-corrected chi connectivity index (χ1v) is 7.47. The summed E-state index contributed by atoms with van der Waals surface area (Å²) < 4.78 is 17.9. The number of carbonyl (C=O) groups excluding carboxylic acids is 1. The van der Waals surface area contributed by atoms with E-state index in [1.54, 1.807) is 7.11 Å². The predicted molar refractivity (Wildman–Crippen MR) is 81.2 cm³/mol. The Morgan fingerprint density at radius 2 is 2.04 bits per heavy atom. The van der Waals surface area contributed by atoms with Crippen molar-refractivity contribution in [3.8, 4) is 11.5 Å². The number of fused-ring (bicyclic) bond motifs is 1. The third-order valence-corrected chi connectivity index (χ3v) is 3.99. The Kier molecular flexibility index (Phi) is 4.45. The molecule has 1 aromatic carbocycles. The molecule has 0 N–H and O–H groups in total. The van der Waals surface area contributed by atoms with E-state index in [0.29, 0.717) is 31.1 Å². The first kappa shape index (κ1) is 15.3. The van der Waals surface area contributed by atoms with Gasteiger partial charge in [0.15, 0.2) is 17.3 Å². The van der Waals surface area contributed by atoms with Gasteiger partial charge in [-0.1, -0.05) is 12.1 Å². The van der Waals surface area contributed by atoms with Gasteiger partial charge in [-0.25, -0.2) is 0 Å². The van der Waals surface area contributed by atoms with Crippen molar-refractivity contribution in [2.24, 2.45) is 5.92 Å². The lowest BCUT2D eigenvalue weighted by Gasteiger charge is -2.21. The second-order valence-electron chi connectivity index (χ2n) is 5.34. The number of hydrogen-bond donors (Lipinski definition) is 0. The fourth-order valence-electron chi connectivity index (χ4n) is 2.74. The van der Waals surface area contributed by atoms with Crippen LogP contribution < -0.4 is 9.47 Å². The van der Waals surface area contributed by atoms with E-state index in [9.17, 15) is 4.79 Å². The number of methoxy groups -OCH3 is 2. The molecule has 1 aliphatic rings. The molecule has 0 spiro atoms. The van der Waals surface area contributed by atoms with Crippen LogP contribution in [0.25, 0.3) is 0 Å². The molecule has 23 heavy (non-hydrogen) atoms. The first-order chi connectivity index (χ1) is 11.2. The molecule has 0 saturated heterocycles. The van der Waals surface area contributed by atoms with Crippen LogP contribution in [0.15, 0.2) is 24.3 Å². The summed E-state index contributed by atoms with van der Waals surface area (Å²) in [5.41, 5.74) is 0. The van der Waals surface area contributed by atoms with E-state index < -0.39 is 0 Å². The van der Waals surface area contributed by atoms with Crippen LogP contribution in [0.5, 0.6) is 11.5 Å². The second kappa shape index (κ2) is 6.68. The maximum absolute atomic E-state index is 11.6. The first-order valence-electron chi connectivity index (χ1n) is 7.47. The minimum Gasteiger partial charge on any atom is -0.493 e. The lowest BCUT2D eigenvalue weighted by atomic mass is 9.98. The molecular weight excluding hydrogens is 298 g/mol. The summed E-state index contributed by atoms with van der Waals surface area (Å²) in [6.45, 7) is 0.989. The molecule has 1 aromatic heterocycles. The van der Waals surface area contributed by atoms with Gasteiger partial charge in [0.05, 0.1) is 20.1 Å². The Balaban J connectivity index is 1.69. The third kappa shape index (κ3) is 3.13. The molecular formula is C16H19N3O4. The van der Waals surface area contributed by atoms with Crippen molar-refractivity contribution in [1.29, 1.82) is 0 Å². The van der Waals surface area contributed by atoms with Crippen molar-refractivity contribution in [1.82, 2.24) is 14.8 Å². The average Bonchev–Trinajstić information content (AvgIpc) is 3.01. The van der Waals surface area contributed by atoms with E-state index in [0.717, 1.165) is 18.1 Å². The molecule has 1 aliphatic heterocycles. The zero-order valence-corrected chi connectivity index (χ0v) is 13.2. The fraction of sp³-hybridized carbons (Fsp3) is 0.438. The van der Waals surface area contributed by atoms with E-state index in [2.05, 4.69) is 10.2 Å². The highest BCUT2D eigenvalue weighted by molar-refractivity contribution is 5.72. The Morgan fingerprint density at radius 1 is 1.26 bits per heavy atom. The summed E-state index contributed by atoms with van der Waals surface area (Å²) in [5.74, 6) is 2.55. The van der Waals surface area contributed by atoms with E-state index in [1.165, 1.54) is 7.11 Å². The minimum atomic E-state index is -0.189. The molecule has 2 aromatic rings. The normalized spacial score (nSPS) is 16.5. The number of aromatic nitrogens is 3. The SMILES string of the molecule is COC(=O)C1CCn2c(COc3ccccc3OC)nnc2C1. The van der Waals surface area contributed by atoms with Gasteiger partial charge in [-0.15, -0.1) is 10.2 Å². The maximum atomic E-state index is 11.6. The number of nitrogens with zero attached hydrogens (tertiary/aromatic N) is 3. The Hall–Kier alpha value is -2.57. The Labute approximate surface area is 134 Å². The summed E-state index contributed by atoms with van der Waals surface area (Å²) in [6.07, 6.45) is 1.27. The zero-order chi connectivity index (χ0) is 16.2. The molecule has 1 atom stereocenters. The van der Waals surface area contributed by atoms with Gasteiger partial charge in [0.1, 0.15) is 12.4 Å². The lowest BCUT2D eigenvalue weighted by Crippen LogP contribution is -2.27. The van der Waals surface area contributed by atoms with Gasteiger partial charge in [-0.3, -0.25) is 4.79 Å². The molecule has 0 radical (unpaired) electrons. The number of carbonyl (C=O) groups is 1. The van der Waals surface area contributed by atoms with Crippen molar-refractivity contribution in [3.05, 3.63) is 35.9 Å². The molecule has 3 rings (SSSR count). The van der Waals surface area contributed by atoms with Crippen LogP contribution in [0.1, 0.15) is 18.1 Å². The van der Waals surface area contributed by atoms with E-state index in [-0.39, 0.29) is 11.9 Å². The van der Waals surface area contributed by atoms with Gasteiger partial charge in [-0.05, 0) is 18.6 Å². The van der Waals surface area contributed by atoms with Crippen LogP contribution in [0.3, 0.4) is 0 Å².